The summed E-state index contributed by atoms with van der Waals surface area (Å²) in [5.74, 6) is -0.959. The summed E-state index contributed by atoms with van der Waals surface area (Å²) < 4.78 is 28.6. The van der Waals surface area contributed by atoms with E-state index in [1.165, 1.54) is 41.3 Å². The molecule has 0 aromatic heterocycles. The summed E-state index contributed by atoms with van der Waals surface area (Å²) in [5, 5.41) is 4.21. The monoisotopic (exact) mass is 643 g/mol. The number of carbonyl (C=O) groups is 2. The quantitative estimate of drug-likeness (QED) is 0.234. The minimum absolute atomic E-state index is 0.0444. The van der Waals surface area contributed by atoms with E-state index >= 15 is 0 Å². The highest BCUT2D eigenvalue weighted by atomic mass is 35.5. The number of hydrogen-bond acceptors (Lipinski definition) is 4. The van der Waals surface area contributed by atoms with Crippen molar-refractivity contribution in [1.29, 1.82) is 0 Å². The van der Waals surface area contributed by atoms with Crippen LogP contribution in [-0.2, 0) is 26.2 Å². The van der Waals surface area contributed by atoms with Gasteiger partial charge in [-0.3, -0.25) is 13.9 Å². The molecule has 12 heteroatoms. The first-order valence-corrected chi connectivity index (χ1v) is 15.5. The van der Waals surface area contributed by atoms with Gasteiger partial charge in [0.25, 0.3) is 10.0 Å². The molecule has 0 saturated carbocycles. The summed E-state index contributed by atoms with van der Waals surface area (Å²) in [6.07, 6.45) is 0.995. The average molecular weight is 645 g/mol. The van der Waals surface area contributed by atoms with Gasteiger partial charge < -0.3 is 10.2 Å². The molecule has 0 fully saturated rings. The van der Waals surface area contributed by atoms with E-state index in [1.54, 1.807) is 37.3 Å². The van der Waals surface area contributed by atoms with Crippen molar-refractivity contribution >= 4 is 73.9 Å². The first-order valence-electron chi connectivity index (χ1n) is 12.5. The third-order valence-corrected chi connectivity index (χ3v) is 8.93. The number of amides is 2. The molecule has 3 aromatic rings. The molecule has 1 N–H and O–H groups in total. The highest BCUT2D eigenvalue weighted by Crippen LogP contribution is 2.28. The molecule has 0 bridgehead atoms. The molecule has 2 amide bonds. The van der Waals surface area contributed by atoms with E-state index in [0.29, 0.717) is 33.6 Å². The van der Waals surface area contributed by atoms with E-state index in [9.17, 15) is 18.0 Å². The standard InChI is InChI=1S/C28H29Cl4N3O4S/c1-3-14-33-28(37)26(4-2)34(17-19-8-9-22(31)16-25(19)32)27(36)18-35(23-7-5-6-21(30)15-23)40(38,39)24-12-10-20(29)11-13-24/h5-13,15-16,26H,3-4,14,17-18H2,1-2H3,(H,33,37)/t26-/m1/s1. The van der Waals surface area contributed by atoms with Gasteiger partial charge in [0.05, 0.1) is 10.6 Å². The van der Waals surface area contributed by atoms with E-state index in [-0.39, 0.29) is 34.5 Å². The lowest BCUT2D eigenvalue weighted by Gasteiger charge is -2.33. The molecule has 3 aromatic carbocycles. The molecule has 0 unspecified atom stereocenters. The van der Waals surface area contributed by atoms with Crippen LogP contribution in [0.15, 0.2) is 71.6 Å². The first-order chi connectivity index (χ1) is 19.0. The molecule has 0 heterocycles. The molecular weight excluding hydrogens is 616 g/mol. The second-order valence-corrected chi connectivity index (χ2v) is 12.5. The van der Waals surface area contributed by atoms with Crippen molar-refractivity contribution < 1.29 is 18.0 Å². The fourth-order valence-electron chi connectivity index (χ4n) is 4.01. The van der Waals surface area contributed by atoms with Gasteiger partial charge in [0.15, 0.2) is 0 Å². The predicted octanol–water partition coefficient (Wildman–Crippen LogP) is 6.83. The predicted molar refractivity (Wildman–Crippen MR) is 162 cm³/mol. The van der Waals surface area contributed by atoms with Crippen LogP contribution in [0.5, 0.6) is 0 Å². The molecule has 0 radical (unpaired) electrons. The van der Waals surface area contributed by atoms with Crippen LogP contribution < -0.4 is 9.62 Å². The van der Waals surface area contributed by atoms with Gasteiger partial charge in [-0.2, -0.15) is 0 Å². The smallest absolute Gasteiger partial charge is 0.264 e. The fraction of sp³-hybridized carbons (Fsp3) is 0.286. The maximum absolute atomic E-state index is 14.0. The van der Waals surface area contributed by atoms with Gasteiger partial charge in [-0.25, -0.2) is 8.42 Å². The van der Waals surface area contributed by atoms with Gasteiger partial charge in [-0.05, 0) is 73.0 Å². The van der Waals surface area contributed by atoms with Gasteiger partial charge in [0.1, 0.15) is 12.6 Å². The van der Waals surface area contributed by atoms with Crippen LogP contribution in [0.4, 0.5) is 5.69 Å². The second kappa shape index (κ2) is 14.4. The molecule has 1 atom stereocenters. The Hall–Kier alpha value is -2.49. The molecule has 0 spiro atoms. The van der Waals surface area contributed by atoms with E-state index < -0.39 is 28.5 Å². The van der Waals surface area contributed by atoms with E-state index in [4.69, 9.17) is 46.4 Å². The Balaban J connectivity index is 2.07. The number of nitrogens with zero attached hydrogens (tertiary/aromatic N) is 2. The summed E-state index contributed by atoms with van der Waals surface area (Å²) in [7, 11) is -4.25. The van der Waals surface area contributed by atoms with Gasteiger partial charge in [-0.1, -0.05) is 72.4 Å². The largest absolute Gasteiger partial charge is 0.354 e. The van der Waals surface area contributed by atoms with Crippen molar-refractivity contribution in [2.24, 2.45) is 0 Å². The van der Waals surface area contributed by atoms with Crippen molar-refractivity contribution in [1.82, 2.24) is 10.2 Å². The number of halogens is 4. The summed E-state index contributed by atoms with van der Waals surface area (Å²) in [5.41, 5.74) is 0.736. The highest BCUT2D eigenvalue weighted by molar-refractivity contribution is 7.92. The Labute approximate surface area is 255 Å². The van der Waals surface area contributed by atoms with Crippen LogP contribution in [0.2, 0.25) is 20.1 Å². The third kappa shape index (κ3) is 8.04. The molecule has 3 rings (SSSR count). The maximum Gasteiger partial charge on any atom is 0.264 e. The van der Waals surface area contributed by atoms with Crippen LogP contribution in [0.1, 0.15) is 32.3 Å². The Morgan fingerprint density at radius 3 is 2.12 bits per heavy atom. The Bertz CT molecular complexity index is 1450. The first kappa shape index (κ1) is 32.0. The van der Waals surface area contributed by atoms with Gasteiger partial charge in [0, 0.05) is 33.2 Å². The summed E-state index contributed by atoms with van der Waals surface area (Å²) in [4.78, 5) is 28.4. The Morgan fingerprint density at radius 1 is 0.875 bits per heavy atom. The molecule has 0 saturated heterocycles. The molecule has 0 aliphatic heterocycles. The average Bonchev–Trinajstić information content (AvgIpc) is 2.91. The number of anilines is 1. The molecular formula is C28H29Cl4N3O4S. The van der Waals surface area contributed by atoms with Crippen LogP contribution in [-0.4, -0.2) is 44.3 Å². The van der Waals surface area contributed by atoms with Crippen molar-refractivity contribution in [2.75, 3.05) is 17.4 Å². The lowest BCUT2D eigenvalue weighted by molar-refractivity contribution is -0.140. The SMILES string of the molecule is CCCNC(=O)[C@@H](CC)N(Cc1ccc(Cl)cc1Cl)C(=O)CN(c1cccc(Cl)c1)S(=O)(=O)c1ccc(Cl)cc1. The van der Waals surface area contributed by atoms with E-state index in [0.717, 1.165) is 4.31 Å². The molecule has 7 nitrogen and oxygen atoms in total. The number of rotatable bonds is 12. The van der Waals surface area contributed by atoms with Crippen molar-refractivity contribution in [2.45, 2.75) is 44.2 Å². The molecule has 0 aliphatic carbocycles. The lowest BCUT2D eigenvalue weighted by Crippen LogP contribution is -2.52. The van der Waals surface area contributed by atoms with E-state index in [2.05, 4.69) is 5.32 Å². The minimum Gasteiger partial charge on any atom is -0.354 e. The number of nitrogens with one attached hydrogen (secondary N) is 1. The lowest BCUT2D eigenvalue weighted by atomic mass is 10.1. The minimum atomic E-state index is -4.25. The molecule has 214 valence electrons. The zero-order valence-corrected chi connectivity index (χ0v) is 25.8. The zero-order valence-electron chi connectivity index (χ0n) is 21.9. The van der Waals surface area contributed by atoms with Gasteiger partial charge >= 0.3 is 0 Å². The summed E-state index contributed by atoms with van der Waals surface area (Å²) in [6, 6.07) is 15.8. The van der Waals surface area contributed by atoms with Gasteiger partial charge in [-0.15, -0.1) is 0 Å². The van der Waals surface area contributed by atoms with Gasteiger partial charge in [0.2, 0.25) is 11.8 Å². The number of sulfonamides is 1. The Kier molecular flexibility index (Phi) is 11.5. The Morgan fingerprint density at radius 2 is 1.52 bits per heavy atom. The summed E-state index contributed by atoms with van der Waals surface area (Å²) >= 11 is 24.6. The van der Waals surface area contributed by atoms with Crippen molar-refractivity contribution in [3.63, 3.8) is 0 Å². The molecule has 40 heavy (non-hydrogen) atoms. The fourth-order valence-corrected chi connectivity index (χ4v) is 6.20. The van der Waals surface area contributed by atoms with E-state index in [1.807, 2.05) is 6.92 Å². The zero-order chi connectivity index (χ0) is 29.4. The highest BCUT2D eigenvalue weighted by Gasteiger charge is 2.34. The number of benzene rings is 3. The number of hydrogen-bond donors (Lipinski definition) is 1. The molecule has 0 aliphatic rings. The van der Waals surface area contributed by atoms with Crippen molar-refractivity contribution in [3.8, 4) is 0 Å². The van der Waals surface area contributed by atoms with Crippen LogP contribution in [0.3, 0.4) is 0 Å². The van der Waals surface area contributed by atoms with Crippen LogP contribution >= 0.6 is 46.4 Å². The van der Waals surface area contributed by atoms with Crippen molar-refractivity contribution in [3.05, 3.63) is 92.4 Å². The second-order valence-electron chi connectivity index (χ2n) is 8.92. The third-order valence-electron chi connectivity index (χ3n) is 6.07. The van der Waals surface area contributed by atoms with Crippen LogP contribution in [0.25, 0.3) is 0 Å². The summed E-state index contributed by atoms with van der Waals surface area (Å²) in [6.45, 7) is 3.48. The normalized spacial score (nSPS) is 12.1. The van der Waals surface area contributed by atoms with Crippen LogP contribution in [0, 0.1) is 0 Å². The maximum atomic E-state index is 14.0. The topological polar surface area (TPSA) is 86.8 Å². The number of carbonyl (C=O) groups excluding carboxylic acids is 2.